The smallest absolute Gasteiger partial charge is 0.263 e. The second kappa shape index (κ2) is 10.4. The van der Waals surface area contributed by atoms with Crippen LogP contribution >= 0.6 is 34.9 Å². The summed E-state index contributed by atoms with van der Waals surface area (Å²) in [6, 6.07) is 7.76. The van der Waals surface area contributed by atoms with E-state index in [9.17, 15) is 9.59 Å². The molecule has 1 unspecified atom stereocenters. The molecule has 1 amide bonds. The Balaban J connectivity index is 1.59. The van der Waals surface area contributed by atoms with Crippen molar-refractivity contribution in [3.63, 3.8) is 0 Å². The molecule has 170 valence electrons. The maximum atomic E-state index is 13.5. The normalized spacial score (nSPS) is 16.0. The van der Waals surface area contributed by atoms with Crippen LogP contribution < -0.4 is 10.9 Å². The van der Waals surface area contributed by atoms with Crippen molar-refractivity contribution in [3.8, 4) is 0 Å². The number of fused-ring (bicyclic) bond motifs is 1. The summed E-state index contributed by atoms with van der Waals surface area (Å²) >= 11 is 4.49. The molecule has 2 aromatic heterocycles. The van der Waals surface area contributed by atoms with Gasteiger partial charge in [-0.25, -0.2) is 4.98 Å². The zero-order valence-corrected chi connectivity index (χ0v) is 20.9. The zero-order valence-electron chi connectivity index (χ0n) is 18.5. The van der Waals surface area contributed by atoms with Gasteiger partial charge in [0.1, 0.15) is 4.83 Å². The number of aromatic nitrogens is 2. The van der Waals surface area contributed by atoms with E-state index in [1.807, 2.05) is 37.4 Å². The first-order valence-corrected chi connectivity index (χ1v) is 13.7. The van der Waals surface area contributed by atoms with Crippen molar-refractivity contribution in [1.82, 2.24) is 9.55 Å². The number of ether oxygens (including phenoxy) is 1. The van der Waals surface area contributed by atoms with Gasteiger partial charge < -0.3 is 10.1 Å². The van der Waals surface area contributed by atoms with E-state index >= 15 is 0 Å². The van der Waals surface area contributed by atoms with Crippen molar-refractivity contribution in [1.29, 1.82) is 0 Å². The molecule has 1 fully saturated rings. The van der Waals surface area contributed by atoms with Gasteiger partial charge in [-0.3, -0.25) is 14.2 Å². The van der Waals surface area contributed by atoms with Gasteiger partial charge in [0.05, 0.1) is 23.8 Å². The van der Waals surface area contributed by atoms with E-state index in [0.717, 1.165) is 57.1 Å². The number of hydrogen-bond acceptors (Lipinski definition) is 7. The maximum Gasteiger partial charge on any atom is 0.263 e. The summed E-state index contributed by atoms with van der Waals surface area (Å²) in [6.07, 6.45) is 4.76. The van der Waals surface area contributed by atoms with Gasteiger partial charge in [0.15, 0.2) is 5.16 Å². The van der Waals surface area contributed by atoms with Crippen molar-refractivity contribution in [2.45, 2.75) is 55.8 Å². The lowest BCUT2D eigenvalue weighted by molar-refractivity contribution is -0.113. The number of thioether (sulfide) groups is 2. The minimum atomic E-state index is -0.122. The van der Waals surface area contributed by atoms with Crippen molar-refractivity contribution in [2.24, 2.45) is 0 Å². The van der Waals surface area contributed by atoms with Crippen LogP contribution in [0.3, 0.4) is 0 Å². The highest BCUT2D eigenvalue weighted by Crippen LogP contribution is 2.30. The van der Waals surface area contributed by atoms with Crippen LogP contribution in [-0.2, 0) is 22.5 Å². The Bertz CT molecular complexity index is 1180. The minimum Gasteiger partial charge on any atom is -0.376 e. The van der Waals surface area contributed by atoms with Crippen LogP contribution in [0.2, 0.25) is 0 Å². The highest BCUT2D eigenvalue weighted by molar-refractivity contribution is 7.99. The number of anilines is 1. The Morgan fingerprint density at radius 2 is 2.25 bits per heavy atom. The number of aryl methyl sites for hydroxylation is 2. The summed E-state index contributed by atoms with van der Waals surface area (Å²) in [6.45, 7) is 5.31. The highest BCUT2D eigenvalue weighted by atomic mass is 32.2. The molecule has 0 spiro atoms. The fraction of sp³-hybridized carbons (Fsp3) is 0.435. The number of carbonyl (C=O) groups excluding carboxylic acids is 1. The summed E-state index contributed by atoms with van der Waals surface area (Å²) < 4.78 is 7.51. The summed E-state index contributed by atoms with van der Waals surface area (Å²) in [5, 5.41) is 4.24. The first-order valence-electron chi connectivity index (χ1n) is 10.7. The molecule has 6 nitrogen and oxygen atoms in total. The average molecular weight is 490 g/mol. The molecule has 1 saturated heterocycles. The Kier molecular flexibility index (Phi) is 7.60. The third kappa shape index (κ3) is 5.06. The first kappa shape index (κ1) is 23.4. The van der Waals surface area contributed by atoms with Gasteiger partial charge >= 0.3 is 0 Å². The van der Waals surface area contributed by atoms with Gasteiger partial charge in [-0.05, 0) is 56.2 Å². The predicted octanol–water partition coefficient (Wildman–Crippen LogP) is 4.96. The van der Waals surface area contributed by atoms with Gasteiger partial charge in [0.2, 0.25) is 5.91 Å². The number of nitrogens with one attached hydrogen (secondary N) is 1. The van der Waals surface area contributed by atoms with E-state index in [1.165, 1.54) is 11.8 Å². The summed E-state index contributed by atoms with van der Waals surface area (Å²) in [5.74, 6) is 0.0562. The van der Waals surface area contributed by atoms with E-state index in [-0.39, 0.29) is 23.3 Å². The monoisotopic (exact) mass is 489 g/mol. The quantitative estimate of drug-likeness (QED) is 0.356. The summed E-state index contributed by atoms with van der Waals surface area (Å²) in [4.78, 5) is 33.9. The first-order chi connectivity index (χ1) is 15.5. The second-order valence-corrected chi connectivity index (χ2v) is 10.7. The molecule has 0 bridgehead atoms. The molecule has 1 aliphatic heterocycles. The molecule has 1 aliphatic rings. The van der Waals surface area contributed by atoms with Crippen LogP contribution in [0.4, 0.5) is 5.69 Å². The Morgan fingerprint density at radius 1 is 1.41 bits per heavy atom. The van der Waals surface area contributed by atoms with Gasteiger partial charge in [-0.15, -0.1) is 23.1 Å². The van der Waals surface area contributed by atoms with Gasteiger partial charge in [0.25, 0.3) is 5.56 Å². The molecule has 0 aliphatic carbocycles. The molecule has 0 saturated carbocycles. The number of benzene rings is 1. The zero-order chi connectivity index (χ0) is 22.7. The Morgan fingerprint density at radius 3 is 2.97 bits per heavy atom. The Hall–Kier alpha value is -1.81. The van der Waals surface area contributed by atoms with Gasteiger partial charge in [-0.2, -0.15) is 0 Å². The third-order valence-electron chi connectivity index (χ3n) is 5.53. The largest absolute Gasteiger partial charge is 0.376 e. The van der Waals surface area contributed by atoms with Crippen molar-refractivity contribution in [3.05, 3.63) is 45.1 Å². The molecule has 0 radical (unpaired) electrons. The van der Waals surface area contributed by atoms with Crippen LogP contribution in [0.15, 0.2) is 39.1 Å². The molecular weight excluding hydrogens is 462 g/mol. The van der Waals surface area contributed by atoms with Crippen LogP contribution in [0.25, 0.3) is 10.2 Å². The molecule has 1 aromatic carbocycles. The van der Waals surface area contributed by atoms with E-state index in [0.29, 0.717) is 11.7 Å². The SMILES string of the molecule is CCc1c(C)sc2nc(SCC(=O)Nc3cccc(SC)c3)n(CC3CCCO3)c(=O)c12. The van der Waals surface area contributed by atoms with Crippen LogP contribution in [0.1, 0.15) is 30.2 Å². The third-order valence-corrected chi connectivity index (χ3v) is 8.27. The average Bonchev–Trinajstić information content (AvgIpc) is 3.41. The number of hydrogen-bond donors (Lipinski definition) is 1. The Labute approximate surface area is 200 Å². The lowest BCUT2D eigenvalue weighted by Crippen LogP contribution is -2.29. The van der Waals surface area contributed by atoms with Gasteiger partial charge in [-0.1, -0.05) is 24.8 Å². The second-order valence-electron chi connectivity index (χ2n) is 7.68. The molecule has 1 atom stereocenters. The number of rotatable bonds is 8. The minimum absolute atomic E-state index is 0.0132. The predicted molar refractivity (Wildman–Crippen MR) is 135 cm³/mol. The van der Waals surface area contributed by atoms with E-state index < -0.39 is 0 Å². The van der Waals surface area contributed by atoms with Crippen molar-refractivity contribution >= 4 is 56.7 Å². The van der Waals surface area contributed by atoms with Crippen LogP contribution in [0.5, 0.6) is 0 Å². The van der Waals surface area contributed by atoms with E-state index in [2.05, 4.69) is 12.2 Å². The highest BCUT2D eigenvalue weighted by Gasteiger charge is 2.23. The molecular formula is C23H27N3O3S3. The number of nitrogens with zero attached hydrogens (tertiary/aromatic N) is 2. The molecule has 3 aromatic rings. The van der Waals surface area contributed by atoms with Crippen molar-refractivity contribution < 1.29 is 9.53 Å². The van der Waals surface area contributed by atoms with Crippen LogP contribution in [-0.4, -0.2) is 40.2 Å². The van der Waals surface area contributed by atoms with Gasteiger partial charge in [0, 0.05) is 22.1 Å². The van der Waals surface area contributed by atoms with Crippen LogP contribution in [0, 0.1) is 6.92 Å². The molecule has 32 heavy (non-hydrogen) atoms. The fourth-order valence-corrected chi connectivity index (χ4v) is 6.37. The molecule has 4 rings (SSSR count). The number of amides is 1. The topological polar surface area (TPSA) is 73.2 Å². The standard InChI is InChI=1S/C23H27N3O3S3/c1-4-18-14(2)32-21-20(18)22(28)26(12-16-8-6-10-29-16)23(25-21)31-13-19(27)24-15-7-5-9-17(11-15)30-3/h5,7,9,11,16H,4,6,8,10,12-13H2,1-3H3,(H,24,27). The maximum absolute atomic E-state index is 13.5. The number of thiophene rings is 1. The molecule has 1 N–H and O–H groups in total. The molecule has 9 heteroatoms. The summed E-state index contributed by atoms with van der Waals surface area (Å²) in [5.41, 5.74) is 1.82. The summed E-state index contributed by atoms with van der Waals surface area (Å²) in [7, 11) is 0. The van der Waals surface area contributed by atoms with Crippen molar-refractivity contribution in [2.75, 3.05) is 23.9 Å². The van der Waals surface area contributed by atoms with E-state index in [4.69, 9.17) is 9.72 Å². The number of carbonyl (C=O) groups is 1. The molecule has 3 heterocycles. The van der Waals surface area contributed by atoms with E-state index in [1.54, 1.807) is 27.7 Å². The lowest BCUT2D eigenvalue weighted by Gasteiger charge is -2.16. The fourth-order valence-electron chi connectivity index (χ4n) is 3.95. The lowest BCUT2D eigenvalue weighted by atomic mass is 10.1.